The first-order valence-electron chi connectivity index (χ1n) is 7.17. The average molecular weight is 329 g/mol. The third-order valence-electron chi connectivity index (χ3n) is 3.83. The van der Waals surface area contributed by atoms with E-state index < -0.39 is 11.9 Å². The summed E-state index contributed by atoms with van der Waals surface area (Å²) in [4.78, 5) is 28.3. The van der Waals surface area contributed by atoms with Crippen molar-refractivity contribution in [2.24, 2.45) is 0 Å². The minimum Gasteiger partial charge on any atom is -0.478 e. The molecule has 0 amide bonds. The van der Waals surface area contributed by atoms with Gasteiger partial charge in [-0.05, 0) is 19.9 Å². The van der Waals surface area contributed by atoms with Crippen molar-refractivity contribution < 1.29 is 28.9 Å². The molecule has 0 aliphatic carbocycles. The van der Waals surface area contributed by atoms with Gasteiger partial charge in [-0.3, -0.25) is 4.98 Å². The Bertz CT molecular complexity index is 859. The van der Waals surface area contributed by atoms with Gasteiger partial charge in [0.2, 0.25) is 6.79 Å². The second-order valence-corrected chi connectivity index (χ2v) is 5.24. The molecule has 1 N–H and O–H groups in total. The fraction of sp³-hybridized carbons (Fsp3) is 0.235. The monoisotopic (exact) mass is 329 g/mol. The highest BCUT2D eigenvalue weighted by atomic mass is 16.7. The van der Waals surface area contributed by atoms with Crippen LogP contribution in [0, 0.1) is 13.8 Å². The van der Waals surface area contributed by atoms with Crippen LogP contribution in [0.25, 0.3) is 11.1 Å². The second kappa shape index (κ2) is 5.84. The van der Waals surface area contributed by atoms with E-state index >= 15 is 0 Å². The maximum absolute atomic E-state index is 12.3. The summed E-state index contributed by atoms with van der Waals surface area (Å²) in [7, 11) is 1.24. The Balaban J connectivity index is 2.44. The molecule has 0 bridgehead atoms. The molecule has 7 heteroatoms. The van der Waals surface area contributed by atoms with E-state index in [0.29, 0.717) is 28.5 Å². The van der Waals surface area contributed by atoms with Crippen LogP contribution < -0.4 is 9.47 Å². The Labute approximate surface area is 137 Å². The molecule has 3 rings (SSSR count). The van der Waals surface area contributed by atoms with Crippen molar-refractivity contribution in [3.63, 3.8) is 0 Å². The second-order valence-electron chi connectivity index (χ2n) is 5.24. The predicted molar refractivity (Wildman–Crippen MR) is 83.6 cm³/mol. The van der Waals surface area contributed by atoms with Crippen LogP contribution in [0.4, 0.5) is 0 Å². The van der Waals surface area contributed by atoms with Gasteiger partial charge in [0.25, 0.3) is 0 Å². The normalized spacial score (nSPS) is 12.1. The molecule has 1 aromatic heterocycles. The first kappa shape index (κ1) is 15.8. The third-order valence-corrected chi connectivity index (χ3v) is 3.83. The largest absolute Gasteiger partial charge is 0.478 e. The van der Waals surface area contributed by atoms with Crippen LogP contribution in [0.3, 0.4) is 0 Å². The van der Waals surface area contributed by atoms with Crippen molar-refractivity contribution in [1.29, 1.82) is 0 Å². The lowest BCUT2D eigenvalue weighted by molar-refractivity contribution is 0.0600. The van der Waals surface area contributed by atoms with Crippen LogP contribution in [0.5, 0.6) is 11.5 Å². The number of para-hydroxylation sites is 1. The highest BCUT2D eigenvalue weighted by Crippen LogP contribution is 2.44. The number of carbonyl (C=O) groups is 2. The summed E-state index contributed by atoms with van der Waals surface area (Å²) in [6.45, 7) is 3.25. The van der Waals surface area contributed by atoms with Gasteiger partial charge in [-0.1, -0.05) is 12.1 Å². The van der Waals surface area contributed by atoms with Crippen LogP contribution >= 0.6 is 0 Å². The molecule has 0 atom stereocenters. The van der Waals surface area contributed by atoms with Gasteiger partial charge in [-0.25, -0.2) is 9.59 Å². The first-order valence-corrected chi connectivity index (χ1v) is 7.17. The number of hydrogen-bond acceptors (Lipinski definition) is 6. The lowest BCUT2D eigenvalue weighted by atomic mass is 9.91. The summed E-state index contributed by atoms with van der Waals surface area (Å²) in [5, 5.41) is 9.66. The molecule has 0 saturated carbocycles. The number of rotatable bonds is 3. The fourth-order valence-electron chi connectivity index (χ4n) is 2.86. The predicted octanol–water partition coefficient (Wildman–Crippen LogP) is 2.58. The molecule has 2 aromatic rings. The molecule has 0 saturated heterocycles. The molecule has 24 heavy (non-hydrogen) atoms. The standard InChI is InChI=1S/C17H15NO6/c1-8-12(16(19)20)14(13(9(2)18-8)17(21)22-3)10-5-4-6-11-15(10)24-7-23-11/h4-6H,7H2,1-3H3,(H,19,20). The van der Waals surface area contributed by atoms with Crippen LogP contribution in [-0.2, 0) is 4.74 Å². The highest BCUT2D eigenvalue weighted by molar-refractivity contribution is 6.07. The number of ether oxygens (including phenoxy) is 3. The van der Waals surface area contributed by atoms with Gasteiger partial charge < -0.3 is 19.3 Å². The smallest absolute Gasteiger partial charge is 0.340 e. The Hall–Kier alpha value is -3.09. The minimum atomic E-state index is -1.18. The summed E-state index contributed by atoms with van der Waals surface area (Å²) < 4.78 is 15.7. The van der Waals surface area contributed by atoms with Crippen molar-refractivity contribution >= 4 is 11.9 Å². The molecule has 0 spiro atoms. The SMILES string of the molecule is COC(=O)c1c(C)nc(C)c(C(=O)O)c1-c1cccc2c1OCO2. The van der Waals surface area contributed by atoms with E-state index in [1.54, 1.807) is 32.0 Å². The zero-order valence-corrected chi connectivity index (χ0v) is 13.4. The molecule has 0 unspecified atom stereocenters. The Morgan fingerprint density at radius 2 is 1.88 bits per heavy atom. The van der Waals surface area contributed by atoms with E-state index in [2.05, 4.69) is 4.98 Å². The number of esters is 1. The van der Waals surface area contributed by atoms with Crippen LogP contribution in [0.1, 0.15) is 32.1 Å². The van der Waals surface area contributed by atoms with E-state index in [4.69, 9.17) is 14.2 Å². The molecule has 1 aromatic carbocycles. The summed E-state index contributed by atoms with van der Waals surface area (Å²) in [5.41, 5.74) is 1.41. The number of carbonyl (C=O) groups excluding carboxylic acids is 1. The average Bonchev–Trinajstić information content (AvgIpc) is 3.01. The maximum atomic E-state index is 12.3. The fourth-order valence-corrected chi connectivity index (χ4v) is 2.86. The zero-order chi connectivity index (χ0) is 17.4. The summed E-state index contributed by atoms with van der Waals surface area (Å²) in [6, 6.07) is 5.10. The van der Waals surface area contributed by atoms with Gasteiger partial charge in [0.05, 0.1) is 29.6 Å². The Morgan fingerprint density at radius 1 is 1.17 bits per heavy atom. The molecular weight excluding hydrogens is 314 g/mol. The number of pyridine rings is 1. The zero-order valence-electron chi connectivity index (χ0n) is 13.4. The number of carboxylic acids is 1. The molecular formula is C17H15NO6. The van der Waals surface area contributed by atoms with Crippen LogP contribution in [0.2, 0.25) is 0 Å². The van der Waals surface area contributed by atoms with Crippen LogP contribution in [-0.4, -0.2) is 35.9 Å². The summed E-state index contributed by atoms with van der Waals surface area (Å²) >= 11 is 0. The maximum Gasteiger partial charge on any atom is 0.340 e. The molecule has 1 aliphatic heterocycles. The van der Waals surface area contributed by atoms with Crippen molar-refractivity contribution in [1.82, 2.24) is 4.98 Å². The number of aryl methyl sites for hydroxylation is 2. The number of fused-ring (bicyclic) bond motifs is 1. The van der Waals surface area contributed by atoms with Crippen molar-refractivity contribution in [2.75, 3.05) is 13.9 Å². The van der Waals surface area contributed by atoms with Gasteiger partial charge in [0, 0.05) is 11.1 Å². The Morgan fingerprint density at radius 3 is 2.54 bits per heavy atom. The lowest BCUT2D eigenvalue weighted by Crippen LogP contribution is -2.15. The topological polar surface area (TPSA) is 95.0 Å². The van der Waals surface area contributed by atoms with Crippen molar-refractivity contribution in [3.8, 4) is 22.6 Å². The quantitative estimate of drug-likeness (QED) is 0.865. The van der Waals surface area contributed by atoms with Gasteiger partial charge >= 0.3 is 11.9 Å². The van der Waals surface area contributed by atoms with Gasteiger partial charge in [0.1, 0.15) is 0 Å². The molecule has 2 heterocycles. The minimum absolute atomic E-state index is 0.0331. The number of aromatic carboxylic acids is 1. The third kappa shape index (κ3) is 2.34. The van der Waals surface area contributed by atoms with E-state index in [1.165, 1.54) is 7.11 Å². The van der Waals surface area contributed by atoms with E-state index in [9.17, 15) is 14.7 Å². The van der Waals surface area contributed by atoms with Crippen LogP contribution in [0.15, 0.2) is 18.2 Å². The van der Waals surface area contributed by atoms with Gasteiger partial charge in [0.15, 0.2) is 11.5 Å². The lowest BCUT2D eigenvalue weighted by Gasteiger charge is -2.17. The van der Waals surface area contributed by atoms with Crippen molar-refractivity contribution in [2.45, 2.75) is 13.8 Å². The Kier molecular flexibility index (Phi) is 3.84. The van der Waals surface area contributed by atoms with E-state index in [1.807, 2.05) is 0 Å². The summed E-state index contributed by atoms with van der Waals surface area (Å²) in [5.74, 6) is -0.951. The number of carboxylic acid groups (broad SMARTS) is 1. The summed E-state index contributed by atoms with van der Waals surface area (Å²) in [6.07, 6.45) is 0. The van der Waals surface area contributed by atoms with E-state index in [0.717, 1.165) is 0 Å². The van der Waals surface area contributed by atoms with Gasteiger partial charge in [-0.15, -0.1) is 0 Å². The van der Waals surface area contributed by atoms with E-state index in [-0.39, 0.29) is 23.5 Å². The highest BCUT2D eigenvalue weighted by Gasteiger charge is 2.30. The molecule has 1 aliphatic rings. The molecule has 0 fully saturated rings. The van der Waals surface area contributed by atoms with Gasteiger partial charge in [-0.2, -0.15) is 0 Å². The first-order chi connectivity index (χ1) is 11.5. The number of methoxy groups -OCH3 is 1. The molecule has 0 radical (unpaired) electrons. The molecule has 7 nitrogen and oxygen atoms in total. The van der Waals surface area contributed by atoms with Crippen molar-refractivity contribution in [3.05, 3.63) is 40.7 Å². The number of aromatic nitrogens is 1. The number of benzene rings is 1. The number of hydrogen-bond donors (Lipinski definition) is 1. The molecule has 124 valence electrons. The number of nitrogens with zero attached hydrogens (tertiary/aromatic N) is 1.